The molecule has 1 aromatic rings. The SMILES string of the molecule is NC1(C(=O)Cc2cc(Cl)cc3c2OCC3)CCCC1. The number of rotatable bonds is 3. The van der Waals surface area contributed by atoms with Crippen LogP contribution in [0, 0.1) is 0 Å². The molecule has 1 saturated carbocycles. The van der Waals surface area contributed by atoms with Gasteiger partial charge in [0.2, 0.25) is 0 Å². The third-order valence-electron chi connectivity index (χ3n) is 4.23. The van der Waals surface area contributed by atoms with Crippen molar-refractivity contribution < 1.29 is 9.53 Å². The lowest BCUT2D eigenvalue weighted by Crippen LogP contribution is -2.46. The maximum Gasteiger partial charge on any atom is 0.157 e. The van der Waals surface area contributed by atoms with Crippen molar-refractivity contribution in [1.29, 1.82) is 0 Å². The highest BCUT2D eigenvalue weighted by Crippen LogP contribution is 2.35. The summed E-state index contributed by atoms with van der Waals surface area (Å²) in [5.41, 5.74) is 7.57. The standard InChI is InChI=1S/C15H18ClNO2/c16-12-7-10-3-6-19-14(10)11(8-12)9-13(18)15(17)4-1-2-5-15/h7-8H,1-6,9,17H2. The van der Waals surface area contributed by atoms with Crippen LogP contribution in [-0.4, -0.2) is 17.9 Å². The number of nitrogens with two attached hydrogens (primary N) is 1. The van der Waals surface area contributed by atoms with Crippen molar-refractivity contribution in [3.8, 4) is 5.75 Å². The summed E-state index contributed by atoms with van der Waals surface area (Å²) in [6.45, 7) is 0.671. The molecule has 0 radical (unpaired) electrons. The van der Waals surface area contributed by atoms with Crippen LogP contribution in [-0.2, 0) is 17.6 Å². The molecule has 1 aromatic carbocycles. The number of carbonyl (C=O) groups is 1. The Kier molecular flexibility index (Phi) is 3.27. The van der Waals surface area contributed by atoms with E-state index in [0.29, 0.717) is 18.1 Å². The van der Waals surface area contributed by atoms with Gasteiger partial charge in [0.25, 0.3) is 0 Å². The largest absolute Gasteiger partial charge is 0.493 e. The van der Waals surface area contributed by atoms with Crippen molar-refractivity contribution in [1.82, 2.24) is 0 Å². The fourth-order valence-corrected chi connectivity index (χ4v) is 3.37. The topological polar surface area (TPSA) is 52.3 Å². The second-order valence-electron chi connectivity index (χ2n) is 5.61. The first-order chi connectivity index (χ1) is 9.08. The zero-order valence-corrected chi connectivity index (χ0v) is 11.6. The molecule has 4 heteroatoms. The highest BCUT2D eigenvalue weighted by Gasteiger charge is 2.37. The van der Waals surface area contributed by atoms with E-state index >= 15 is 0 Å². The smallest absolute Gasteiger partial charge is 0.157 e. The lowest BCUT2D eigenvalue weighted by molar-refractivity contribution is -0.123. The van der Waals surface area contributed by atoms with E-state index in [-0.39, 0.29) is 5.78 Å². The number of Topliss-reactive ketones (excluding diaryl/α,β-unsaturated/α-hetero) is 1. The number of halogens is 1. The summed E-state index contributed by atoms with van der Waals surface area (Å²) in [6, 6.07) is 3.76. The van der Waals surface area contributed by atoms with E-state index in [2.05, 4.69) is 0 Å². The average Bonchev–Trinajstić information content (AvgIpc) is 2.98. The van der Waals surface area contributed by atoms with Gasteiger partial charge in [0, 0.05) is 23.4 Å². The summed E-state index contributed by atoms with van der Waals surface area (Å²) in [7, 11) is 0. The maximum atomic E-state index is 12.4. The van der Waals surface area contributed by atoms with Crippen molar-refractivity contribution >= 4 is 17.4 Å². The number of hydrogen-bond donors (Lipinski definition) is 1. The van der Waals surface area contributed by atoms with Gasteiger partial charge in [-0.15, -0.1) is 0 Å². The fraction of sp³-hybridized carbons (Fsp3) is 0.533. The van der Waals surface area contributed by atoms with Gasteiger partial charge in [-0.05, 0) is 30.5 Å². The molecule has 0 bridgehead atoms. The van der Waals surface area contributed by atoms with Crippen LogP contribution >= 0.6 is 11.6 Å². The van der Waals surface area contributed by atoms with E-state index in [0.717, 1.165) is 49.0 Å². The molecule has 1 heterocycles. The predicted molar refractivity (Wildman–Crippen MR) is 74.7 cm³/mol. The summed E-state index contributed by atoms with van der Waals surface area (Å²) < 4.78 is 5.63. The Morgan fingerprint density at radius 2 is 2.11 bits per heavy atom. The Morgan fingerprint density at radius 3 is 2.84 bits per heavy atom. The summed E-state index contributed by atoms with van der Waals surface area (Å²) in [5.74, 6) is 0.962. The minimum absolute atomic E-state index is 0.116. The summed E-state index contributed by atoms with van der Waals surface area (Å²) in [5, 5.41) is 0.671. The van der Waals surface area contributed by atoms with E-state index < -0.39 is 5.54 Å². The van der Waals surface area contributed by atoms with Gasteiger partial charge >= 0.3 is 0 Å². The van der Waals surface area contributed by atoms with E-state index in [4.69, 9.17) is 22.1 Å². The van der Waals surface area contributed by atoms with Crippen molar-refractivity contribution in [2.75, 3.05) is 6.61 Å². The van der Waals surface area contributed by atoms with E-state index in [1.54, 1.807) is 0 Å². The van der Waals surface area contributed by atoms with Crippen LogP contribution < -0.4 is 10.5 Å². The molecule has 2 N–H and O–H groups in total. The Bertz CT molecular complexity index is 521. The molecule has 0 amide bonds. The quantitative estimate of drug-likeness (QED) is 0.925. The van der Waals surface area contributed by atoms with Crippen LogP contribution in [0.4, 0.5) is 0 Å². The minimum Gasteiger partial charge on any atom is -0.493 e. The number of carbonyl (C=O) groups excluding carboxylic acids is 1. The molecule has 0 aromatic heterocycles. The first kappa shape index (κ1) is 12.9. The van der Waals surface area contributed by atoms with Gasteiger partial charge in [0.15, 0.2) is 5.78 Å². The van der Waals surface area contributed by atoms with Crippen LogP contribution in [0.2, 0.25) is 5.02 Å². The van der Waals surface area contributed by atoms with Gasteiger partial charge in [0.05, 0.1) is 12.1 Å². The van der Waals surface area contributed by atoms with E-state index in [1.165, 1.54) is 0 Å². The molecule has 1 fully saturated rings. The summed E-state index contributed by atoms with van der Waals surface area (Å²) in [4.78, 5) is 12.4. The highest BCUT2D eigenvalue weighted by molar-refractivity contribution is 6.30. The summed E-state index contributed by atoms with van der Waals surface area (Å²) >= 11 is 6.11. The monoisotopic (exact) mass is 279 g/mol. The minimum atomic E-state index is -0.631. The van der Waals surface area contributed by atoms with Crippen LogP contribution in [0.5, 0.6) is 5.75 Å². The van der Waals surface area contributed by atoms with Crippen molar-refractivity contribution in [2.24, 2.45) is 5.73 Å². The molecule has 19 heavy (non-hydrogen) atoms. The molecule has 102 valence electrons. The third kappa shape index (κ3) is 2.37. The molecular formula is C15H18ClNO2. The Balaban J connectivity index is 1.86. The zero-order valence-electron chi connectivity index (χ0n) is 10.9. The lowest BCUT2D eigenvalue weighted by Gasteiger charge is -2.22. The Hall–Kier alpha value is -1.06. The Morgan fingerprint density at radius 1 is 1.37 bits per heavy atom. The van der Waals surface area contributed by atoms with Gasteiger partial charge in [-0.1, -0.05) is 24.4 Å². The van der Waals surface area contributed by atoms with Crippen LogP contribution in [0.15, 0.2) is 12.1 Å². The first-order valence-electron chi connectivity index (χ1n) is 6.85. The van der Waals surface area contributed by atoms with Crippen molar-refractivity contribution in [3.05, 3.63) is 28.3 Å². The fourth-order valence-electron chi connectivity index (χ4n) is 3.11. The van der Waals surface area contributed by atoms with Crippen molar-refractivity contribution in [3.63, 3.8) is 0 Å². The lowest BCUT2D eigenvalue weighted by atomic mass is 9.88. The number of hydrogen-bond acceptors (Lipinski definition) is 3. The second-order valence-corrected chi connectivity index (χ2v) is 6.05. The van der Waals surface area contributed by atoms with Gasteiger partial charge in [-0.2, -0.15) is 0 Å². The number of ether oxygens (including phenoxy) is 1. The molecular weight excluding hydrogens is 262 g/mol. The van der Waals surface area contributed by atoms with Crippen LogP contribution in [0.25, 0.3) is 0 Å². The molecule has 1 aliphatic carbocycles. The number of benzene rings is 1. The highest BCUT2D eigenvalue weighted by atomic mass is 35.5. The number of ketones is 1. The predicted octanol–water partition coefficient (Wildman–Crippen LogP) is 2.66. The number of fused-ring (bicyclic) bond motifs is 1. The van der Waals surface area contributed by atoms with Gasteiger partial charge in [-0.25, -0.2) is 0 Å². The van der Waals surface area contributed by atoms with Crippen molar-refractivity contribution in [2.45, 2.75) is 44.1 Å². The first-order valence-corrected chi connectivity index (χ1v) is 7.23. The molecule has 0 spiro atoms. The van der Waals surface area contributed by atoms with E-state index in [1.807, 2.05) is 12.1 Å². The maximum absolute atomic E-state index is 12.4. The molecule has 3 rings (SSSR count). The second kappa shape index (κ2) is 4.80. The van der Waals surface area contributed by atoms with Gasteiger partial charge in [0.1, 0.15) is 5.75 Å². The van der Waals surface area contributed by atoms with E-state index in [9.17, 15) is 4.79 Å². The van der Waals surface area contributed by atoms with Gasteiger partial charge < -0.3 is 10.5 Å². The molecule has 0 saturated heterocycles. The molecule has 0 unspecified atom stereocenters. The molecule has 1 aliphatic heterocycles. The van der Waals surface area contributed by atoms with Crippen LogP contribution in [0.1, 0.15) is 36.8 Å². The molecule has 3 nitrogen and oxygen atoms in total. The summed E-state index contributed by atoms with van der Waals surface area (Å²) in [6.07, 6.45) is 4.90. The zero-order chi connectivity index (χ0) is 13.5. The molecule has 0 atom stereocenters. The third-order valence-corrected chi connectivity index (χ3v) is 4.45. The normalized spacial score (nSPS) is 20.1. The Labute approximate surface area is 118 Å². The molecule has 2 aliphatic rings. The average molecular weight is 280 g/mol. The van der Waals surface area contributed by atoms with Gasteiger partial charge in [-0.3, -0.25) is 4.79 Å². The van der Waals surface area contributed by atoms with Crippen LogP contribution in [0.3, 0.4) is 0 Å².